The Morgan fingerprint density at radius 3 is 2.85 bits per heavy atom. The molecule has 0 bridgehead atoms. The van der Waals surface area contributed by atoms with Crippen LogP contribution >= 0.6 is 0 Å². The summed E-state index contributed by atoms with van der Waals surface area (Å²) in [6.45, 7) is 0. The van der Waals surface area contributed by atoms with Crippen molar-refractivity contribution in [3.05, 3.63) is 42.3 Å². The van der Waals surface area contributed by atoms with E-state index in [9.17, 15) is 4.39 Å². The van der Waals surface area contributed by atoms with Crippen LogP contribution in [0, 0.1) is 5.82 Å². The van der Waals surface area contributed by atoms with Gasteiger partial charge in [-0.15, -0.1) is 0 Å². The lowest BCUT2D eigenvalue weighted by molar-refractivity contribution is 0.639. The highest BCUT2D eigenvalue weighted by molar-refractivity contribution is 5.83. The highest BCUT2D eigenvalue weighted by Crippen LogP contribution is 2.24. The molecule has 100 valence electrons. The van der Waals surface area contributed by atoms with E-state index in [1.807, 2.05) is 0 Å². The number of nitrogens with one attached hydrogen (secondary N) is 1. The molecule has 0 radical (unpaired) electrons. The normalized spacial score (nSPS) is 10.7. The number of nitrogen functional groups attached to an aromatic ring is 1. The zero-order valence-corrected chi connectivity index (χ0v) is 10.8. The molecule has 1 aromatic carbocycles. The van der Waals surface area contributed by atoms with Gasteiger partial charge in [-0.1, -0.05) is 6.07 Å². The standard InChI is InChI=1S/C14H12FN5/c1-17-13-6-12(19-14(16)20-13)8-5-9-10(15)3-2-4-11(9)18-7-8/h2-7H,1H3,(H3,16,17,19,20). The topological polar surface area (TPSA) is 76.7 Å². The number of fused-ring (bicyclic) bond motifs is 1. The lowest BCUT2D eigenvalue weighted by Crippen LogP contribution is -2.01. The van der Waals surface area contributed by atoms with Gasteiger partial charge in [0.05, 0.1) is 11.2 Å². The fourth-order valence-corrected chi connectivity index (χ4v) is 1.99. The Kier molecular flexibility index (Phi) is 2.90. The van der Waals surface area contributed by atoms with Crippen LogP contribution in [-0.2, 0) is 0 Å². The molecule has 3 rings (SSSR count). The van der Waals surface area contributed by atoms with E-state index in [0.29, 0.717) is 28.0 Å². The van der Waals surface area contributed by atoms with Crippen LogP contribution in [0.25, 0.3) is 22.2 Å². The number of aromatic nitrogens is 3. The molecule has 0 spiro atoms. The smallest absolute Gasteiger partial charge is 0.222 e. The first-order chi connectivity index (χ1) is 9.67. The van der Waals surface area contributed by atoms with Crippen molar-refractivity contribution in [2.75, 3.05) is 18.1 Å². The number of nitrogens with two attached hydrogens (primary N) is 1. The van der Waals surface area contributed by atoms with Gasteiger partial charge in [0.15, 0.2) is 0 Å². The van der Waals surface area contributed by atoms with Gasteiger partial charge < -0.3 is 11.1 Å². The molecule has 0 amide bonds. The van der Waals surface area contributed by atoms with E-state index in [2.05, 4.69) is 20.3 Å². The van der Waals surface area contributed by atoms with E-state index in [-0.39, 0.29) is 11.8 Å². The summed E-state index contributed by atoms with van der Waals surface area (Å²) < 4.78 is 13.8. The number of hydrogen-bond donors (Lipinski definition) is 2. The number of rotatable bonds is 2. The fraction of sp³-hybridized carbons (Fsp3) is 0.0714. The minimum absolute atomic E-state index is 0.153. The molecule has 0 saturated heterocycles. The molecular weight excluding hydrogens is 257 g/mol. The van der Waals surface area contributed by atoms with Crippen molar-refractivity contribution < 1.29 is 4.39 Å². The Labute approximate surface area is 114 Å². The molecule has 0 aliphatic heterocycles. The van der Waals surface area contributed by atoms with Crippen molar-refractivity contribution in [2.24, 2.45) is 0 Å². The van der Waals surface area contributed by atoms with Crippen LogP contribution in [0.1, 0.15) is 0 Å². The van der Waals surface area contributed by atoms with Crippen LogP contribution in [0.15, 0.2) is 36.5 Å². The van der Waals surface area contributed by atoms with Crippen LogP contribution in [-0.4, -0.2) is 22.0 Å². The highest BCUT2D eigenvalue weighted by Gasteiger charge is 2.08. The number of nitrogens with zero attached hydrogens (tertiary/aromatic N) is 3. The van der Waals surface area contributed by atoms with E-state index in [0.717, 1.165) is 0 Å². The van der Waals surface area contributed by atoms with E-state index < -0.39 is 0 Å². The summed E-state index contributed by atoms with van der Waals surface area (Å²) in [5, 5.41) is 3.35. The minimum Gasteiger partial charge on any atom is -0.373 e. The van der Waals surface area contributed by atoms with Gasteiger partial charge >= 0.3 is 0 Å². The maximum absolute atomic E-state index is 13.8. The number of halogens is 1. The Bertz CT molecular complexity index is 788. The SMILES string of the molecule is CNc1cc(-c2cnc3cccc(F)c3c2)nc(N)n1. The summed E-state index contributed by atoms with van der Waals surface area (Å²) in [6, 6.07) is 8.24. The summed E-state index contributed by atoms with van der Waals surface area (Å²) >= 11 is 0. The van der Waals surface area contributed by atoms with Crippen LogP contribution < -0.4 is 11.1 Å². The maximum Gasteiger partial charge on any atom is 0.222 e. The first-order valence-electron chi connectivity index (χ1n) is 6.04. The molecule has 2 heterocycles. The molecule has 2 aromatic heterocycles. The lowest BCUT2D eigenvalue weighted by atomic mass is 10.1. The van der Waals surface area contributed by atoms with Gasteiger partial charge in [0.2, 0.25) is 5.95 Å². The van der Waals surface area contributed by atoms with Crippen molar-refractivity contribution in [1.82, 2.24) is 15.0 Å². The zero-order valence-electron chi connectivity index (χ0n) is 10.8. The molecule has 0 aliphatic carbocycles. The van der Waals surface area contributed by atoms with Gasteiger partial charge in [-0.25, -0.2) is 9.37 Å². The van der Waals surface area contributed by atoms with Gasteiger partial charge in [-0.2, -0.15) is 4.98 Å². The monoisotopic (exact) mass is 269 g/mol. The average Bonchev–Trinajstić information content (AvgIpc) is 2.46. The summed E-state index contributed by atoms with van der Waals surface area (Å²) in [7, 11) is 1.74. The molecule has 6 heteroatoms. The van der Waals surface area contributed by atoms with E-state index in [1.165, 1.54) is 6.07 Å². The third-order valence-corrected chi connectivity index (χ3v) is 2.97. The zero-order chi connectivity index (χ0) is 14.1. The molecule has 3 aromatic rings. The molecule has 0 aliphatic rings. The first-order valence-corrected chi connectivity index (χ1v) is 6.04. The fourth-order valence-electron chi connectivity index (χ4n) is 1.99. The molecule has 3 N–H and O–H groups in total. The highest BCUT2D eigenvalue weighted by atomic mass is 19.1. The van der Waals surface area contributed by atoms with Gasteiger partial charge in [-0.3, -0.25) is 4.98 Å². The molecular formula is C14H12FN5. The van der Waals surface area contributed by atoms with Crippen LogP contribution in [0.2, 0.25) is 0 Å². The van der Waals surface area contributed by atoms with E-state index in [1.54, 1.807) is 37.5 Å². The van der Waals surface area contributed by atoms with Crippen molar-refractivity contribution in [1.29, 1.82) is 0 Å². The largest absolute Gasteiger partial charge is 0.373 e. The average molecular weight is 269 g/mol. The van der Waals surface area contributed by atoms with Crippen LogP contribution in [0.4, 0.5) is 16.2 Å². The maximum atomic E-state index is 13.8. The number of pyridine rings is 1. The molecule has 0 atom stereocenters. The second-order valence-electron chi connectivity index (χ2n) is 4.28. The Hall–Kier alpha value is -2.76. The second-order valence-corrected chi connectivity index (χ2v) is 4.28. The summed E-state index contributed by atoms with van der Waals surface area (Å²) in [6.07, 6.45) is 1.64. The number of anilines is 2. The Morgan fingerprint density at radius 2 is 2.05 bits per heavy atom. The Balaban J connectivity index is 2.19. The van der Waals surface area contributed by atoms with Crippen LogP contribution in [0.5, 0.6) is 0 Å². The number of hydrogen-bond acceptors (Lipinski definition) is 5. The van der Waals surface area contributed by atoms with Crippen molar-refractivity contribution in [3.63, 3.8) is 0 Å². The van der Waals surface area contributed by atoms with E-state index >= 15 is 0 Å². The molecule has 20 heavy (non-hydrogen) atoms. The second kappa shape index (κ2) is 4.73. The molecule has 0 unspecified atom stereocenters. The Morgan fingerprint density at radius 1 is 1.20 bits per heavy atom. The third kappa shape index (κ3) is 2.11. The molecule has 0 fully saturated rings. The number of benzene rings is 1. The van der Waals surface area contributed by atoms with Gasteiger partial charge in [0.25, 0.3) is 0 Å². The summed E-state index contributed by atoms with van der Waals surface area (Å²) in [5.41, 5.74) is 7.54. The molecule has 0 saturated carbocycles. The lowest BCUT2D eigenvalue weighted by Gasteiger charge is -2.06. The third-order valence-electron chi connectivity index (χ3n) is 2.97. The van der Waals surface area contributed by atoms with Crippen LogP contribution in [0.3, 0.4) is 0 Å². The predicted octanol–water partition coefficient (Wildman–Crippen LogP) is 2.45. The summed E-state index contributed by atoms with van der Waals surface area (Å²) in [4.78, 5) is 12.4. The summed E-state index contributed by atoms with van der Waals surface area (Å²) in [5.74, 6) is 0.439. The van der Waals surface area contributed by atoms with Crippen molar-refractivity contribution in [3.8, 4) is 11.3 Å². The predicted molar refractivity (Wildman–Crippen MR) is 76.7 cm³/mol. The first kappa shape index (κ1) is 12.3. The van der Waals surface area contributed by atoms with Gasteiger partial charge in [0.1, 0.15) is 11.6 Å². The quantitative estimate of drug-likeness (QED) is 0.747. The van der Waals surface area contributed by atoms with E-state index in [4.69, 9.17) is 5.73 Å². The molecule has 5 nitrogen and oxygen atoms in total. The van der Waals surface area contributed by atoms with Crippen molar-refractivity contribution in [2.45, 2.75) is 0 Å². The minimum atomic E-state index is -0.312. The van der Waals surface area contributed by atoms with Crippen molar-refractivity contribution >= 4 is 22.7 Å². The van der Waals surface area contributed by atoms with Gasteiger partial charge in [-0.05, 0) is 18.2 Å². The van der Waals surface area contributed by atoms with Gasteiger partial charge in [0, 0.05) is 30.3 Å².